The van der Waals surface area contributed by atoms with Crippen LogP contribution in [0.4, 0.5) is 5.69 Å². The topological polar surface area (TPSA) is 70.0 Å². The number of benzene rings is 1. The van der Waals surface area contributed by atoms with Crippen molar-refractivity contribution in [2.45, 2.75) is 25.7 Å². The molecule has 2 aliphatic heterocycles. The largest absolute Gasteiger partial charge is 0.504 e. The van der Waals surface area contributed by atoms with Gasteiger partial charge in [-0.3, -0.25) is 4.79 Å². The molecular weight excluding hydrogens is 258 g/mol. The van der Waals surface area contributed by atoms with Crippen LogP contribution in [-0.2, 0) is 17.6 Å². The molecule has 0 spiro atoms. The standard InChI is InChI=1S/C15H19NO4/c1-16-4-2-10-8-12(17)15-11(14(10)16)6-9(3-5-20-15)7-13(18)19/h8-9,17H,2-7H2,1H3,(H,18,19). The molecule has 2 aliphatic rings. The number of ether oxygens (including phenoxy) is 1. The molecule has 2 N–H and O–H groups in total. The quantitative estimate of drug-likeness (QED) is 0.862. The van der Waals surface area contributed by atoms with E-state index in [0.29, 0.717) is 25.2 Å². The van der Waals surface area contributed by atoms with Crippen molar-refractivity contribution in [3.63, 3.8) is 0 Å². The SMILES string of the molecule is CN1CCc2cc(O)c3c(c21)CC(CC(=O)O)CCO3. The summed E-state index contributed by atoms with van der Waals surface area (Å²) in [6, 6.07) is 1.79. The summed E-state index contributed by atoms with van der Waals surface area (Å²) in [6.45, 7) is 1.38. The average molecular weight is 277 g/mol. The smallest absolute Gasteiger partial charge is 0.303 e. The first-order chi connectivity index (χ1) is 9.56. The fourth-order valence-electron chi connectivity index (χ4n) is 3.31. The van der Waals surface area contributed by atoms with Crippen LogP contribution in [0.15, 0.2) is 6.07 Å². The van der Waals surface area contributed by atoms with Gasteiger partial charge in [0.2, 0.25) is 0 Å². The molecule has 0 amide bonds. The Morgan fingerprint density at radius 3 is 3.10 bits per heavy atom. The van der Waals surface area contributed by atoms with Gasteiger partial charge in [0.1, 0.15) is 0 Å². The molecule has 0 saturated carbocycles. The highest BCUT2D eigenvalue weighted by atomic mass is 16.5. The highest BCUT2D eigenvalue weighted by Crippen LogP contribution is 2.45. The van der Waals surface area contributed by atoms with E-state index < -0.39 is 5.97 Å². The molecule has 1 aromatic carbocycles. The number of anilines is 1. The highest BCUT2D eigenvalue weighted by Gasteiger charge is 2.30. The van der Waals surface area contributed by atoms with Gasteiger partial charge in [-0.05, 0) is 36.8 Å². The van der Waals surface area contributed by atoms with Crippen LogP contribution in [0.3, 0.4) is 0 Å². The predicted molar refractivity (Wildman–Crippen MR) is 74.6 cm³/mol. The molecule has 0 radical (unpaired) electrons. The summed E-state index contributed by atoms with van der Waals surface area (Å²) >= 11 is 0. The number of aliphatic carboxylic acids is 1. The molecular formula is C15H19NO4. The molecule has 0 aromatic heterocycles. The molecule has 1 unspecified atom stereocenters. The number of hydrogen-bond donors (Lipinski definition) is 2. The summed E-state index contributed by atoms with van der Waals surface area (Å²) in [5.41, 5.74) is 3.22. The highest BCUT2D eigenvalue weighted by molar-refractivity contribution is 5.72. The first kappa shape index (κ1) is 13.1. The second-order valence-corrected chi connectivity index (χ2v) is 5.69. The van der Waals surface area contributed by atoms with Crippen LogP contribution in [0.5, 0.6) is 11.5 Å². The number of carbonyl (C=O) groups is 1. The van der Waals surface area contributed by atoms with Crippen LogP contribution >= 0.6 is 0 Å². The molecule has 1 aromatic rings. The summed E-state index contributed by atoms with van der Waals surface area (Å²) in [5.74, 6) is 0.0210. The van der Waals surface area contributed by atoms with Gasteiger partial charge in [0.25, 0.3) is 0 Å². The molecule has 2 heterocycles. The second-order valence-electron chi connectivity index (χ2n) is 5.69. The molecule has 108 valence electrons. The van der Waals surface area contributed by atoms with Crippen LogP contribution in [0, 0.1) is 5.92 Å². The summed E-state index contributed by atoms with van der Waals surface area (Å²) in [6.07, 6.45) is 2.43. The van der Waals surface area contributed by atoms with Crippen molar-refractivity contribution in [1.82, 2.24) is 0 Å². The van der Waals surface area contributed by atoms with Crippen molar-refractivity contribution in [2.24, 2.45) is 5.92 Å². The number of carboxylic acids is 1. The lowest BCUT2D eigenvalue weighted by atomic mass is 9.91. The first-order valence-electron chi connectivity index (χ1n) is 6.99. The molecule has 20 heavy (non-hydrogen) atoms. The third-order valence-electron chi connectivity index (χ3n) is 4.23. The van der Waals surface area contributed by atoms with Crippen LogP contribution in [0.1, 0.15) is 24.0 Å². The number of phenolic OH excluding ortho intramolecular Hbond substituents is 1. The average Bonchev–Trinajstić information content (AvgIpc) is 2.61. The van der Waals surface area contributed by atoms with E-state index in [-0.39, 0.29) is 18.1 Å². The van der Waals surface area contributed by atoms with E-state index in [4.69, 9.17) is 9.84 Å². The molecule has 0 bridgehead atoms. The predicted octanol–water partition coefficient (Wildman–Crippen LogP) is 1.80. The van der Waals surface area contributed by atoms with E-state index in [9.17, 15) is 9.90 Å². The summed E-state index contributed by atoms with van der Waals surface area (Å²) in [7, 11) is 2.03. The zero-order valence-corrected chi connectivity index (χ0v) is 11.6. The molecule has 0 saturated heterocycles. The van der Waals surface area contributed by atoms with Gasteiger partial charge in [-0.2, -0.15) is 0 Å². The van der Waals surface area contributed by atoms with Gasteiger partial charge in [0.15, 0.2) is 11.5 Å². The number of aromatic hydroxyl groups is 1. The third kappa shape index (κ3) is 2.17. The number of hydrogen-bond acceptors (Lipinski definition) is 4. The van der Waals surface area contributed by atoms with Gasteiger partial charge in [-0.15, -0.1) is 0 Å². The lowest BCUT2D eigenvalue weighted by molar-refractivity contribution is -0.138. The van der Waals surface area contributed by atoms with Crippen molar-refractivity contribution < 1.29 is 19.7 Å². The monoisotopic (exact) mass is 277 g/mol. The zero-order chi connectivity index (χ0) is 14.3. The van der Waals surface area contributed by atoms with Gasteiger partial charge < -0.3 is 19.8 Å². The number of fused-ring (bicyclic) bond motifs is 3. The van der Waals surface area contributed by atoms with Gasteiger partial charge >= 0.3 is 5.97 Å². The number of nitrogens with zero attached hydrogens (tertiary/aromatic N) is 1. The molecule has 0 aliphatic carbocycles. The van der Waals surface area contributed by atoms with Crippen LogP contribution < -0.4 is 9.64 Å². The minimum Gasteiger partial charge on any atom is -0.504 e. The van der Waals surface area contributed by atoms with E-state index in [1.807, 2.05) is 7.05 Å². The van der Waals surface area contributed by atoms with E-state index in [2.05, 4.69) is 4.90 Å². The second kappa shape index (κ2) is 4.89. The Kier molecular flexibility index (Phi) is 3.20. The van der Waals surface area contributed by atoms with Crippen molar-refractivity contribution in [1.29, 1.82) is 0 Å². The van der Waals surface area contributed by atoms with Gasteiger partial charge in [0.05, 0.1) is 6.61 Å². The summed E-state index contributed by atoms with van der Waals surface area (Å²) < 4.78 is 5.70. The molecule has 5 heteroatoms. The lowest BCUT2D eigenvalue weighted by Gasteiger charge is -2.20. The Bertz CT molecular complexity index is 555. The Morgan fingerprint density at radius 1 is 1.55 bits per heavy atom. The van der Waals surface area contributed by atoms with Crippen molar-refractivity contribution >= 4 is 11.7 Å². The van der Waals surface area contributed by atoms with Gasteiger partial charge in [-0.1, -0.05) is 0 Å². The molecule has 5 nitrogen and oxygen atoms in total. The fraction of sp³-hybridized carbons (Fsp3) is 0.533. The Balaban J connectivity index is 2.03. The maximum Gasteiger partial charge on any atom is 0.303 e. The number of likely N-dealkylation sites (N-methyl/N-ethyl adjacent to an activating group) is 1. The van der Waals surface area contributed by atoms with E-state index in [0.717, 1.165) is 29.8 Å². The van der Waals surface area contributed by atoms with Crippen molar-refractivity contribution in [3.05, 3.63) is 17.2 Å². The maximum atomic E-state index is 11.0. The minimum absolute atomic E-state index is 0.0636. The van der Waals surface area contributed by atoms with Crippen molar-refractivity contribution in [3.8, 4) is 11.5 Å². The van der Waals surface area contributed by atoms with Crippen LogP contribution in [0.2, 0.25) is 0 Å². The molecule has 1 atom stereocenters. The first-order valence-corrected chi connectivity index (χ1v) is 6.99. The minimum atomic E-state index is -0.774. The maximum absolute atomic E-state index is 11.0. The molecule has 0 fully saturated rings. The lowest BCUT2D eigenvalue weighted by Crippen LogP contribution is -2.16. The van der Waals surface area contributed by atoms with Crippen LogP contribution in [0.25, 0.3) is 0 Å². The summed E-state index contributed by atoms with van der Waals surface area (Å²) in [5, 5.41) is 19.1. The van der Waals surface area contributed by atoms with E-state index in [1.165, 1.54) is 0 Å². The number of rotatable bonds is 2. The zero-order valence-electron chi connectivity index (χ0n) is 11.6. The number of phenols is 1. The van der Waals surface area contributed by atoms with Gasteiger partial charge in [0, 0.05) is 31.3 Å². The normalized spacial score (nSPS) is 20.9. The van der Waals surface area contributed by atoms with Crippen molar-refractivity contribution in [2.75, 3.05) is 25.1 Å². The molecule has 3 rings (SSSR count). The fourth-order valence-corrected chi connectivity index (χ4v) is 3.31. The Hall–Kier alpha value is -1.91. The summed E-state index contributed by atoms with van der Waals surface area (Å²) in [4.78, 5) is 13.1. The van der Waals surface area contributed by atoms with E-state index >= 15 is 0 Å². The van der Waals surface area contributed by atoms with Crippen LogP contribution in [-0.4, -0.2) is 36.4 Å². The third-order valence-corrected chi connectivity index (χ3v) is 4.23. The Morgan fingerprint density at radius 2 is 2.35 bits per heavy atom. The number of carboxylic acid groups (broad SMARTS) is 1. The Labute approximate surface area is 117 Å². The van der Waals surface area contributed by atoms with E-state index in [1.54, 1.807) is 6.07 Å². The van der Waals surface area contributed by atoms with Gasteiger partial charge in [-0.25, -0.2) is 0 Å².